The highest BCUT2D eigenvalue weighted by atomic mass is 32.1. The molecule has 7 aromatic rings. The van der Waals surface area contributed by atoms with E-state index >= 15 is 0 Å². The molecule has 0 N–H and O–H groups in total. The Morgan fingerprint density at radius 2 is 1.83 bits per heavy atom. The van der Waals surface area contributed by atoms with Gasteiger partial charge < -0.3 is 9.15 Å². The van der Waals surface area contributed by atoms with Crippen LogP contribution < -0.4 is 14.8 Å². The van der Waals surface area contributed by atoms with Crippen molar-refractivity contribution < 1.29 is 9.15 Å². The standard InChI is InChI=1S/C33H25N5O3S/c1-4-16-40-24-14-15-25(20(2)17-24)29-22(19-37(35-29)23-10-6-5-7-11-23)18-28-32(39)38-33(42-28)34-31(36-38)30-21(3)26-12-8-9-13-27(26)41-30/h4-15,17-19H,1,16H2,2-3H3. The predicted molar refractivity (Wildman–Crippen MR) is 165 cm³/mol. The number of hydrogen-bond acceptors (Lipinski definition) is 7. The average molecular weight is 572 g/mol. The topological polar surface area (TPSA) is 87.4 Å². The van der Waals surface area contributed by atoms with Crippen LogP contribution in [0, 0.1) is 13.8 Å². The number of para-hydroxylation sites is 2. The van der Waals surface area contributed by atoms with Crippen molar-refractivity contribution in [3.8, 4) is 34.3 Å². The molecule has 0 fully saturated rings. The van der Waals surface area contributed by atoms with E-state index in [9.17, 15) is 4.79 Å². The Morgan fingerprint density at radius 1 is 1.02 bits per heavy atom. The summed E-state index contributed by atoms with van der Waals surface area (Å²) in [6.45, 7) is 8.14. The van der Waals surface area contributed by atoms with Gasteiger partial charge in [-0.2, -0.15) is 14.6 Å². The highest BCUT2D eigenvalue weighted by Crippen LogP contribution is 2.32. The molecule has 4 aromatic heterocycles. The molecule has 0 amide bonds. The number of aryl methyl sites for hydroxylation is 2. The monoisotopic (exact) mass is 571 g/mol. The third-order valence-corrected chi connectivity index (χ3v) is 8.06. The van der Waals surface area contributed by atoms with E-state index in [1.807, 2.05) is 104 Å². The normalized spacial score (nSPS) is 12.0. The van der Waals surface area contributed by atoms with Crippen LogP contribution in [0.1, 0.15) is 16.7 Å². The van der Waals surface area contributed by atoms with Gasteiger partial charge in [0.25, 0.3) is 5.56 Å². The lowest BCUT2D eigenvalue weighted by Crippen LogP contribution is -2.23. The van der Waals surface area contributed by atoms with Gasteiger partial charge in [0.1, 0.15) is 23.6 Å². The molecule has 0 aliphatic carbocycles. The van der Waals surface area contributed by atoms with E-state index in [1.54, 1.807) is 6.08 Å². The first kappa shape index (κ1) is 25.7. The van der Waals surface area contributed by atoms with Crippen LogP contribution in [0.5, 0.6) is 5.75 Å². The van der Waals surface area contributed by atoms with Crippen LogP contribution in [0.4, 0.5) is 0 Å². The molecule has 0 saturated carbocycles. The summed E-state index contributed by atoms with van der Waals surface area (Å²) in [6.07, 6.45) is 5.51. The largest absolute Gasteiger partial charge is 0.490 e. The van der Waals surface area contributed by atoms with Gasteiger partial charge in [-0.1, -0.05) is 60.4 Å². The quantitative estimate of drug-likeness (QED) is 0.214. The smallest absolute Gasteiger partial charge is 0.291 e. The van der Waals surface area contributed by atoms with E-state index in [1.165, 1.54) is 15.9 Å². The fourth-order valence-corrected chi connectivity index (χ4v) is 5.92. The summed E-state index contributed by atoms with van der Waals surface area (Å²) in [7, 11) is 0. The molecule has 0 bridgehead atoms. The first-order valence-corrected chi connectivity index (χ1v) is 14.2. The molecule has 4 heterocycles. The lowest BCUT2D eigenvalue weighted by atomic mass is 10.0. The second kappa shape index (κ2) is 10.3. The van der Waals surface area contributed by atoms with Crippen molar-refractivity contribution in [2.75, 3.05) is 6.61 Å². The molecule has 7 rings (SSSR count). The third-order valence-electron chi connectivity index (χ3n) is 7.10. The first-order valence-electron chi connectivity index (χ1n) is 13.4. The van der Waals surface area contributed by atoms with E-state index in [4.69, 9.17) is 14.3 Å². The van der Waals surface area contributed by atoms with Gasteiger partial charge in [0, 0.05) is 28.3 Å². The molecule has 0 unspecified atom stereocenters. The van der Waals surface area contributed by atoms with Crippen molar-refractivity contribution in [3.63, 3.8) is 0 Å². The molecule has 3 aromatic carbocycles. The maximum Gasteiger partial charge on any atom is 0.291 e. The Morgan fingerprint density at radius 3 is 2.60 bits per heavy atom. The van der Waals surface area contributed by atoms with Crippen LogP contribution in [0.15, 0.2) is 101 Å². The molecule has 8 nitrogen and oxygen atoms in total. The highest BCUT2D eigenvalue weighted by Gasteiger charge is 2.20. The minimum atomic E-state index is -0.245. The Bertz CT molecular complexity index is 2220. The predicted octanol–water partition coefficient (Wildman–Crippen LogP) is 6.15. The summed E-state index contributed by atoms with van der Waals surface area (Å²) in [5.41, 5.74) is 5.87. The zero-order chi connectivity index (χ0) is 28.8. The fraction of sp³-hybridized carbons (Fsp3) is 0.0909. The van der Waals surface area contributed by atoms with Crippen LogP contribution in [0.25, 0.3) is 50.5 Å². The number of nitrogens with zero attached hydrogens (tertiary/aromatic N) is 5. The number of rotatable bonds is 7. The second-order valence-electron chi connectivity index (χ2n) is 9.89. The maximum absolute atomic E-state index is 13.5. The zero-order valence-corrected chi connectivity index (χ0v) is 23.8. The van der Waals surface area contributed by atoms with Crippen LogP contribution in [0.3, 0.4) is 0 Å². The van der Waals surface area contributed by atoms with Crippen molar-refractivity contribution in [2.45, 2.75) is 13.8 Å². The number of furan rings is 1. The summed E-state index contributed by atoms with van der Waals surface area (Å²) >= 11 is 1.28. The average Bonchev–Trinajstić information content (AvgIpc) is 3.76. The fourth-order valence-electron chi connectivity index (χ4n) is 5.02. The van der Waals surface area contributed by atoms with Crippen LogP contribution >= 0.6 is 11.3 Å². The number of aromatic nitrogens is 5. The molecule has 0 aliphatic heterocycles. The lowest BCUT2D eigenvalue weighted by Gasteiger charge is -2.08. The second-order valence-corrected chi connectivity index (χ2v) is 10.9. The molecular weight excluding hydrogens is 546 g/mol. The van der Waals surface area contributed by atoms with Crippen molar-refractivity contribution in [2.24, 2.45) is 0 Å². The minimum absolute atomic E-state index is 0.245. The number of hydrogen-bond donors (Lipinski definition) is 0. The molecule has 0 saturated heterocycles. The SMILES string of the molecule is C=CCOc1ccc(-c2nn(-c3ccccc3)cc2C=c2sc3nc(-c4oc5ccccc5c4C)nn3c2=O)c(C)c1. The van der Waals surface area contributed by atoms with Crippen molar-refractivity contribution >= 4 is 33.3 Å². The van der Waals surface area contributed by atoms with Gasteiger partial charge in [0.15, 0.2) is 5.76 Å². The Kier molecular flexibility index (Phi) is 6.28. The van der Waals surface area contributed by atoms with Gasteiger partial charge >= 0.3 is 0 Å². The molecule has 42 heavy (non-hydrogen) atoms. The summed E-state index contributed by atoms with van der Waals surface area (Å²) in [6, 6.07) is 23.6. The van der Waals surface area contributed by atoms with Crippen LogP contribution in [0.2, 0.25) is 0 Å². The number of fused-ring (bicyclic) bond motifs is 2. The summed E-state index contributed by atoms with van der Waals surface area (Å²) in [5, 5.41) is 10.5. The van der Waals surface area contributed by atoms with E-state index in [0.29, 0.717) is 27.7 Å². The summed E-state index contributed by atoms with van der Waals surface area (Å²) < 4.78 is 15.4. The first-order chi connectivity index (χ1) is 20.5. The molecule has 0 spiro atoms. The summed E-state index contributed by atoms with van der Waals surface area (Å²) in [4.78, 5) is 18.7. The number of benzene rings is 3. The molecule has 0 atom stereocenters. The van der Waals surface area contributed by atoms with Crippen LogP contribution in [-0.4, -0.2) is 31.0 Å². The van der Waals surface area contributed by atoms with Gasteiger partial charge in [-0.3, -0.25) is 4.79 Å². The highest BCUT2D eigenvalue weighted by molar-refractivity contribution is 7.15. The van der Waals surface area contributed by atoms with Gasteiger partial charge in [0.2, 0.25) is 10.8 Å². The summed E-state index contributed by atoms with van der Waals surface area (Å²) in [5.74, 6) is 1.72. The van der Waals surface area contributed by atoms with Crippen molar-refractivity contribution in [1.29, 1.82) is 0 Å². The Balaban J connectivity index is 1.34. The lowest BCUT2D eigenvalue weighted by molar-refractivity contribution is 0.363. The molecule has 9 heteroatoms. The van der Waals surface area contributed by atoms with Crippen LogP contribution in [-0.2, 0) is 0 Å². The van der Waals surface area contributed by atoms with Crippen molar-refractivity contribution in [3.05, 3.63) is 123 Å². The zero-order valence-electron chi connectivity index (χ0n) is 22.9. The Labute approximate surface area is 244 Å². The Hall–Kier alpha value is -5.28. The van der Waals surface area contributed by atoms with E-state index in [2.05, 4.69) is 16.7 Å². The number of ether oxygens (including phenoxy) is 1. The van der Waals surface area contributed by atoms with E-state index in [0.717, 1.165) is 50.4 Å². The number of thiazole rings is 1. The molecule has 0 aliphatic rings. The van der Waals surface area contributed by atoms with E-state index < -0.39 is 0 Å². The molecular formula is C33H25N5O3S. The van der Waals surface area contributed by atoms with Gasteiger partial charge in [-0.15, -0.1) is 5.10 Å². The van der Waals surface area contributed by atoms with Gasteiger partial charge in [0.05, 0.1) is 10.2 Å². The maximum atomic E-state index is 13.5. The van der Waals surface area contributed by atoms with Gasteiger partial charge in [-0.05, 0) is 61.9 Å². The molecule has 206 valence electrons. The van der Waals surface area contributed by atoms with Crippen molar-refractivity contribution in [1.82, 2.24) is 24.4 Å². The molecule has 0 radical (unpaired) electrons. The third kappa shape index (κ3) is 4.40. The van der Waals surface area contributed by atoms with Gasteiger partial charge in [-0.25, -0.2) is 4.68 Å². The minimum Gasteiger partial charge on any atom is -0.490 e. The van der Waals surface area contributed by atoms with E-state index in [-0.39, 0.29) is 5.56 Å².